The SMILES string of the molecule is CC(C1CC1)N(C)Cc1ccc(C=CC(=O)O)cc1. The Balaban J connectivity index is 1.92. The van der Waals surface area contributed by atoms with Crippen molar-refractivity contribution in [3.8, 4) is 0 Å². The summed E-state index contributed by atoms with van der Waals surface area (Å²) in [5, 5.41) is 8.57. The van der Waals surface area contributed by atoms with Crippen LogP contribution in [0.3, 0.4) is 0 Å². The van der Waals surface area contributed by atoms with E-state index < -0.39 is 5.97 Å². The topological polar surface area (TPSA) is 40.5 Å². The van der Waals surface area contributed by atoms with Gasteiger partial charge in [-0.1, -0.05) is 24.3 Å². The molecule has 1 aromatic carbocycles. The fourth-order valence-electron chi connectivity index (χ4n) is 2.27. The van der Waals surface area contributed by atoms with Gasteiger partial charge in [-0.25, -0.2) is 4.79 Å². The number of carbonyl (C=O) groups is 1. The lowest BCUT2D eigenvalue weighted by molar-refractivity contribution is -0.131. The Bertz CT molecular complexity index is 460. The van der Waals surface area contributed by atoms with Crippen LogP contribution >= 0.6 is 0 Å². The predicted molar refractivity (Wildman–Crippen MR) is 76.8 cm³/mol. The molecule has 1 aliphatic rings. The zero-order chi connectivity index (χ0) is 13.8. The van der Waals surface area contributed by atoms with Crippen molar-refractivity contribution in [2.75, 3.05) is 7.05 Å². The molecular weight excluding hydrogens is 238 g/mol. The monoisotopic (exact) mass is 259 g/mol. The van der Waals surface area contributed by atoms with Gasteiger partial charge in [-0.3, -0.25) is 4.90 Å². The maximum absolute atomic E-state index is 10.4. The summed E-state index contributed by atoms with van der Waals surface area (Å²) in [6.45, 7) is 3.24. The standard InChI is InChI=1S/C16H21NO2/c1-12(15-8-9-15)17(2)11-14-5-3-13(4-6-14)7-10-16(18)19/h3-7,10,12,15H,8-9,11H2,1-2H3,(H,18,19). The molecule has 0 radical (unpaired) electrons. The minimum atomic E-state index is -0.915. The van der Waals surface area contributed by atoms with Crippen molar-refractivity contribution in [1.29, 1.82) is 0 Å². The number of aliphatic carboxylic acids is 1. The van der Waals surface area contributed by atoms with E-state index in [0.717, 1.165) is 24.1 Å². The molecule has 3 heteroatoms. The molecule has 0 aliphatic heterocycles. The third kappa shape index (κ3) is 4.21. The number of nitrogens with zero attached hydrogens (tertiary/aromatic N) is 1. The van der Waals surface area contributed by atoms with Gasteiger partial charge in [-0.05, 0) is 49.9 Å². The molecule has 1 N–H and O–H groups in total. The highest BCUT2D eigenvalue weighted by Gasteiger charge is 2.30. The number of benzene rings is 1. The highest BCUT2D eigenvalue weighted by Crippen LogP contribution is 2.35. The van der Waals surface area contributed by atoms with Crippen LogP contribution in [0.1, 0.15) is 30.9 Å². The molecule has 0 amide bonds. The third-order valence-corrected chi connectivity index (χ3v) is 3.83. The second-order valence-electron chi connectivity index (χ2n) is 5.41. The van der Waals surface area contributed by atoms with Crippen LogP contribution in [0.25, 0.3) is 6.08 Å². The first-order valence-electron chi connectivity index (χ1n) is 6.76. The Kier molecular flexibility index (Phi) is 4.38. The molecule has 1 unspecified atom stereocenters. The van der Waals surface area contributed by atoms with E-state index in [2.05, 4.69) is 31.0 Å². The van der Waals surface area contributed by atoms with Gasteiger partial charge in [-0.15, -0.1) is 0 Å². The Morgan fingerprint density at radius 3 is 2.58 bits per heavy atom. The minimum absolute atomic E-state index is 0.645. The van der Waals surface area contributed by atoms with Crippen LogP contribution in [-0.4, -0.2) is 29.1 Å². The highest BCUT2D eigenvalue weighted by molar-refractivity contribution is 5.85. The van der Waals surface area contributed by atoms with Crippen LogP contribution in [0.15, 0.2) is 30.3 Å². The molecule has 1 atom stereocenters. The lowest BCUT2D eigenvalue weighted by Crippen LogP contribution is -2.30. The maximum Gasteiger partial charge on any atom is 0.328 e. The van der Waals surface area contributed by atoms with Crippen molar-refractivity contribution in [2.45, 2.75) is 32.4 Å². The van der Waals surface area contributed by atoms with Crippen molar-refractivity contribution in [3.05, 3.63) is 41.5 Å². The van der Waals surface area contributed by atoms with Gasteiger partial charge in [0, 0.05) is 18.7 Å². The second-order valence-corrected chi connectivity index (χ2v) is 5.41. The zero-order valence-electron chi connectivity index (χ0n) is 11.5. The molecule has 1 saturated carbocycles. The van der Waals surface area contributed by atoms with E-state index in [-0.39, 0.29) is 0 Å². The van der Waals surface area contributed by atoms with E-state index in [4.69, 9.17) is 5.11 Å². The van der Waals surface area contributed by atoms with Crippen molar-refractivity contribution in [1.82, 2.24) is 4.90 Å². The number of carboxylic acid groups (broad SMARTS) is 1. The summed E-state index contributed by atoms with van der Waals surface area (Å²) in [4.78, 5) is 12.8. The number of rotatable bonds is 6. The third-order valence-electron chi connectivity index (χ3n) is 3.83. The molecule has 0 spiro atoms. The van der Waals surface area contributed by atoms with Crippen LogP contribution in [0.4, 0.5) is 0 Å². The first-order valence-corrected chi connectivity index (χ1v) is 6.76. The van der Waals surface area contributed by atoms with Gasteiger partial charge in [0.1, 0.15) is 0 Å². The average molecular weight is 259 g/mol. The van der Waals surface area contributed by atoms with Crippen molar-refractivity contribution >= 4 is 12.0 Å². The quantitative estimate of drug-likeness (QED) is 0.798. The second kappa shape index (κ2) is 6.02. The lowest BCUT2D eigenvalue weighted by Gasteiger charge is -2.24. The summed E-state index contributed by atoms with van der Waals surface area (Å²) in [6.07, 6.45) is 5.51. The Morgan fingerprint density at radius 1 is 1.42 bits per heavy atom. The first kappa shape index (κ1) is 13.8. The molecular formula is C16H21NO2. The van der Waals surface area contributed by atoms with Gasteiger partial charge >= 0.3 is 5.97 Å². The normalized spacial score (nSPS) is 17.0. The minimum Gasteiger partial charge on any atom is -0.478 e. The fraction of sp³-hybridized carbons (Fsp3) is 0.438. The largest absolute Gasteiger partial charge is 0.478 e. The lowest BCUT2D eigenvalue weighted by atomic mass is 10.1. The summed E-state index contributed by atoms with van der Waals surface area (Å²) >= 11 is 0. The van der Waals surface area contributed by atoms with Gasteiger partial charge in [0.15, 0.2) is 0 Å². The predicted octanol–water partition coefficient (Wildman–Crippen LogP) is 3.01. The highest BCUT2D eigenvalue weighted by atomic mass is 16.4. The number of carboxylic acids is 1. The zero-order valence-corrected chi connectivity index (χ0v) is 11.5. The average Bonchev–Trinajstić information content (AvgIpc) is 3.21. The smallest absolute Gasteiger partial charge is 0.328 e. The van der Waals surface area contributed by atoms with Gasteiger partial charge < -0.3 is 5.11 Å². The number of hydrogen-bond acceptors (Lipinski definition) is 2. The van der Waals surface area contributed by atoms with Gasteiger partial charge in [0.25, 0.3) is 0 Å². The molecule has 3 nitrogen and oxygen atoms in total. The van der Waals surface area contributed by atoms with E-state index in [1.165, 1.54) is 18.4 Å². The number of hydrogen-bond donors (Lipinski definition) is 1. The first-order chi connectivity index (χ1) is 9.06. The summed E-state index contributed by atoms with van der Waals surface area (Å²) in [5.74, 6) is -0.0372. The van der Waals surface area contributed by atoms with Crippen LogP contribution in [0.5, 0.6) is 0 Å². The Hall–Kier alpha value is -1.61. The van der Waals surface area contributed by atoms with E-state index in [0.29, 0.717) is 6.04 Å². The summed E-state index contributed by atoms with van der Waals surface area (Å²) in [5.41, 5.74) is 2.19. The fourth-order valence-corrected chi connectivity index (χ4v) is 2.27. The Labute approximate surface area is 114 Å². The molecule has 0 bridgehead atoms. The molecule has 1 aromatic rings. The van der Waals surface area contributed by atoms with Crippen LogP contribution < -0.4 is 0 Å². The van der Waals surface area contributed by atoms with Gasteiger partial charge in [-0.2, -0.15) is 0 Å². The molecule has 1 aliphatic carbocycles. The molecule has 1 fully saturated rings. The van der Waals surface area contributed by atoms with E-state index in [9.17, 15) is 4.79 Å². The maximum atomic E-state index is 10.4. The van der Waals surface area contributed by atoms with Gasteiger partial charge in [0.05, 0.1) is 0 Å². The van der Waals surface area contributed by atoms with Crippen molar-refractivity contribution in [2.24, 2.45) is 5.92 Å². The van der Waals surface area contributed by atoms with Crippen LogP contribution in [0.2, 0.25) is 0 Å². The van der Waals surface area contributed by atoms with E-state index in [1.54, 1.807) is 6.08 Å². The van der Waals surface area contributed by atoms with Gasteiger partial charge in [0.2, 0.25) is 0 Å². The summed E-state index contributed by atoms with van der Waals surface area (Å²) in [6, 6.07) is 8.70. The molecule has 102 valence electrons. The molecule has 0 heterocycles. The van der Waals surface area contributed by atoms with Crippen LogP contribution in [-0.2, 0) is 11.3 Å². The summed E-state index contributed by atoms with van der Waals surface area (Å²) in [7, 11) is 2.17. The molecule has 2 rings (SSSR count). The van der Waals surface area contributed by atoms with E-state index >= 15 is 0 Å². The van der Waals surface area contributed by atoms with Crippen molar-refractivity contribution < 1.29 is 9.90 Å². The molecule has 0 aromatic heterocycles. The van der Waals surface area contributed by atoms with Crippen LogP contribution in [0, 0.1) is 5.92 Å². The Morgan fingerprint density at radius 2 is 2.05 bits per heavy atom. The summed E-state index contributed by atoms with van der Waals surface area (Å²) < 4.78 is 0. The van der Waals surface area contributed by atoms with Crippen molar-refractivity contribution in [3.63, 3.8) is 0 Å². The van der Waals surface area contributed by atoms with E-state index in [1.807, 2.05) is 12.1 Å². The molecule has 0 saturated heterocycles. The molecule has 19 heavy (non-hydrogen) atoms.